The van der Waals surface area contributed by atoms with Crippen LogP contribution in [0.5, 0.6) is 11.5 Å². The molecule has 0 bridgehead atoms. The van der Waals surface area contributed by atoms with Gasteiger partial charge in [0.2, 0.25) is 0 Å². The highest BCUT2D eigenvalue weighted by Crippen LogP contribution is 2.26. The van der Waals surface area contributed by atoms with Crippen molar-refractivity contribution < 1.29 is 19.9 Å². The molecule has 3 aromatic rings. The Morgan fingerprint density at radius 3 is 2.53 bits per heavy atom. The number of aliphatic hydroxyl groups is 1. The molecule has 0 aliphatic heterocycles. The molecule has 0 saturated carbocycles. The smallest absolute Gasteiger partial charge is 0.258 e. The van der Waals surface area contributed by atoms with Crippen LogP contribution in [0.1, 0.15) is 19.8 Å². The highest BCUT2D eigenvalue weighted by atomic mass is 16.5. The van der Waals surface area contributed by atoms with Crippen LogP contribution < -0.4 is 20.3 Å². The second kappa shape index (κ2) is 10.3. The van der Waals surface area contributed by atoms with Gasteiger partial charge in [-0.1, -0.05) is 19.4 Å². The van der Waals surface area contributed by atoms with E-state index in [4.69, 9.17) is 9.47 Å². The molecule has 0 amide bonds. The summed E-state index contributed by atoms with van der Waals surface area (Å²) in [5.74, 6) is 1.36. The van der Waals surface area contributed by atoms with E-state index in [2.05, 4.69) is 12.2 Å². The van der Waals surface area contributed by atoms with Crippen LogP contribution >= 0.6 is 0 Å². The lowest BCUT2D eigenvalue weighted by Gasteiger charge is -2.13. The molecule has 0 saturated heterocycles. The minimum absolute atomic E-state index is 0.0656. The molecule has 160 valence electrons. The fraction of sp³-hybridized carbons (Fsp3) is 0.375. The number of quaternary nitrogens is 1. The van der Waals surface area contributed by atoms with E-state index in [-0.39, 0.29) is 12.2 Å². The maximum absolute atomic E-state index is 12.8. The molecule has 2 aromatic carbocycles. The van der Waals surface area contributed by atoms with Crippen molar-refractivity contribution in [1.82, 2.24) is 4.57 Å². The van der Waals surface area contributed by atoms with Gasteiger partial charge in [-0.15, -0.1) is 0 Å². The average molecular weight is 412 g/mol. The largest absolute Gasteiger partial charge is 0.497 e. The number of pyridine rings is 1. The Labute approximate surface area is 177 Å². The lowest BCUT2D eigenvalue weighted by atomic mass is 10.1. The van der Waals surface area contributed by atoms with Crippen molar-refractivity contribution in [3.8, 4) is 22.8 Å². The van der Waals surface area contributed by atoms with Gasteiger partial charge >= 0.3 is 0 Å². The van der Waals surface area contributed by atoms with Gasteiger partial charge in [0.05, 0.1) is 24.7 Å². The predicted octanol–water partition coefficient (Wildman–Crippen LogP) is 2.32. The van der Waals surface area contributed by atoms with Crippen molar-refractivity contribution >= 4 is 10.8 Å². The summed E-state index contributed by atoms with van der Waals surface area (Å²) >= 11 is 0. The first-order valence-electron chi connectivity index (χ1n) is 10.4. The van der Waals surface area contributed by atoms with E-state index in [1.165, 1.54) is 0 Å². The molecule has 1 atom stereocenters. The third-order valence-electron chi connectivity index (χ3n) is 5.24. The lowest BCUT2D eigenvalue weighted by molar-refractivity contribution is -0.661. The highest BCUT2D eigenvalue weighted by Gasteiger charge is 2.11. The van der Waals surface area contributed by atoms with Crippen LogP contribution in [-0.4, -0.2) is 42.6 Å². The number of hydrogen-bond acceptors (Lipinski definition) is 4. The molecule has 6 heteroatoms. The zero-order valence-corrected chi connectivity index (χ0v) is 17.9. The zero-order valence-electron chi connectivity index (χ0n) is 17.9. The number of rotatable bonds is 10. The molecule has 0 unspecified atom stereocenters. The third kappa shape index (κ3) is 5.20. The van der Waals surface area contributed by atoms with Crippen LogP contribution in [0.15, 0.2) is 53.3 Å². The summed E-state index contributed by atoms with van der Waals surface area (Å²) < 4.78 is 12.6. The minimum atomic E-state index is -0.500. The van der Waals surface area contributed by atoms with Crippen LogP contribution in [0.4, 0.5) is 0 Å². The SMILES string of the molecule is CCCC[NH2+]C[C@H](O)COc1ccc(-c2cc3ccc(OC)cc3c(=O)n2C)cc1. The summed E-state index contributed by atoms with van der Waals surface area (Å²) in [6.45, 7) is 4.09. The first kappa shape index (κ1) is 21.9. The fourth-order valence-electron chi connectivity index (χ4n) is 3.43. The summed E-state index contributed by atoms with van der Waals surface area (Å²) in [6, 6.07) is 15.1. The molecular weight excluding hydrogens is 380 g/mol. The first-order valence-corrected chi connectivity index (χ1v) is 10.4. The second-order valence-electron chi connectivity index (χ2n) is 7.50. The zero-order chi connectivity index (χ0) is 21.5. The van der Waals surface area contributed by atoms with Crippen molar-refractivity contribution in [2.24, 2.45) is 7.05 Å². The van der Waals surface area contributed by atoms with E-state index in [0.29, 0.717) is 23.4 Å². The molecule has 1 aromatic heterocycles. The van der Waals surface area contributed by atoms with Gasteiger partial charge in [0.15, 0.2) is 0 Å². The monoisotopic (exact) mass is 411 g/mol. The Morgan fingerprint density at radius 1 is 1.10 bits per heavy atom. The molecule has 0 radical (unpaired) electrons. The summed E-state index contributed by atoms with van der Waals surface area (Å²) in [7, 11) is 3.36. The molecule has 0 aliphatic rings. The number of methoxy groups -OCH3 is 1. The van der Waals surface area contributed by atoms with E-state index in [1.54, 1.807) is 24.8 Å². The van der Waals surface area contributed by atoms with Crippen molar-refractivity contribution in [3.63, 3.8) is 0 Å². The molecule has 0 spiro atoms. The van der Waals surface area contributed by atoms with E-state index >= 15 is 0 Å². The van der Waals surface area contributed by atoms with E-state index in [0.717, 1.165) is 36.0 Å². The van der Waals surface area contributed by atoms with Crippen LogP contribution in [0.3, 0.4) is 0 Å². The van der Waals surface area contributed by atoms with Crippen LogP contribution in [0.25, 0.3) is 22.0 Å². The van der Waals surface area contributed by atoms with E-state index in [1.807, 2.05) is 42.5 Å². The normalized spacial score (nSPS) is 12.1. The van der Waals surface area contributed by atoms with Gasteiger partial charge in [-0.05, 0) is 59.8 Å². The highest BCUT2D eigenvalue weighted by molar-refractivity contribution is 5.86. The number of fused-ring (bicyclic) bond motifs is 1. The quantitative estimate of drug-likeness (QED) is 0.502. The maximum Gasteiger partial charge on any atom is 0.258 e. The minimum Gasteiger partial charge on any atom is -0.497 e. The number of nitrogens with two attached hydrogens (primary N) is 1. The average Bonchev–Trinajstić information content (AvgIpc) is 2.78. The van der Waals surface area contributed by atoms with Gasteiger partial charge in [0, 0.05) is 7.05 Å². The van der Waals surface area contributed by atoms with Gasteiger partial charge in [-0.3, -0.25) is 4.79 Å². The molecule has 0 aliphatic carbocycles. The molecule has 3 rings (SSSR count). The van der Waals surface area contributed by atoms with Crippen molar-refractivity contribution in [3.05, 3.63) is 58.9 Å². The number of benzene rings is 2. The van der Waals surface area contributed by atoms with E-state index in [9.17, 15) is 9.90 Å². The van der Waals surface area contributed by atoms with Gasteiger partial charge in [0.25, 0.3) is 5.56 Å². The Bertz CT molecular complexity index is 1030. The Balaban J connectivity index is 1.71. The Kier molecular flexibility index (Phi) is 7.49. The molecule has 30 heavy (non-hydrogen) atoms. The summed E-state index contributed by atoms with van der Waals surface area (Å²) in [6.07, 6.45) is 1.81. The lowest BCUT2D eigenvalue weighted by Crippen LogP contribution is -2.86. The topological polar surface area (TPSA) is 77.3 Å². The predicted molar refractivity (Wildman–Crippen MR) is 119 cm³/mol. The van der Waals surface area contributed by atoms with Crippen molar-refractivity contribution in [1.29, 1.82) is 0 Å². The maximum atomic E-state index is 12.8. The molecule has 0 fully saturated rings. The van der Waals surface area contributed by atoms with Crippen LogP contribution in [-0.2, 0) is 7.05 Å². The third-order valence-corrected chi connectivity index (χ3v) is 5.24. The van der Waals surface area contributed by atoms with Crippen molar-refractivity contribution in [2.75, 3.05) is 26.8 Å². The number of hydrogen-bond donors (Lipinski definition) is 2. The fourth-order valence-corrected chi connectivity index (χ4v) is 3.43. The molecular formula is C24H31N2O4+. The summed E-state index contributed by atoms with van der Waals surface area (Å²) in [5.41, 5.74) is 1.69. The van der Waals surface area contributed by atoms with Crippen LogP contribution in [0.2, 0.25) is 0 Å². The Morgan fingerprint density at radius 2 is 1.83 bits per heavy atom. The second-order valence-corrected chi connectivity index (χ2v) is 7.50. The van der Waals surface area contributed by atoms with Crippen molar-refractivity contribution in [2.45, 2.75) is 25.9 Å². The number of aromatic nitrogens is 1. The van der Waals surface area contributed by atoms with Gasteiger partial charge in [0.1, 0.15) is 30.8 Å². The van der Waals surface area contributed by atoms with Gasteiger partial charge in [-0.2, -0.15) is 0 Å². The molecule has 1 heterocycles. The number of nitrogens with zero attached hydrogens (tertiary/aromatic N) is 1. The van der Waals surface area contributed by atoms with Gasteiger partial charge < -0.3 is 24.5 Å². The first-order chi connectivity index (χ1) is 14.5. The van der Waals surface area contributed by atoms with Gasteiger partial charge in [-0.25, -0.2) is 0 Å². The number of unbranched alkanes of at least 4 members (excludes halogenated alkanes) is 1. The Hall–Kier alpha value is -2.83. The number of ether oxygens (including phenoxy) is 2. The molecule has 3 N–H and O–H groups in total. The number of aliphatic hydroxyl groups excluding tert-OH is 1. The van der Waals surface area contributed by atoms with E-state index < -0.39 is 6.10 Å². The summed E-state index contributed by atoms with van der Waals surface area (Å²) in [5, 5.41) is 13.7. The molecule has 6 nitrogen and oxygen atoms in total. The van der Waals surface area contributed by atoms with Crippen LogP contribution in [0, 0.1) is 0 Å². The standard InChI is InChI=1S/C24H30N2O4/c1-4-5-12-25-15-19(27)16-30-20-9-6-17(7-10-20)23-13-18-8-11-21(29-3)14-22(18)24(28)26(23)2/h6-11,13-14,19,25,27H,4-5,12,15-16H2,1-3H3/p+1/t19-/m0/s1. The summed E-state index contributed by atoms with van der Waals surface area (Å²) in [4.78, 5) is 12.8.